The number of aromatic nitrogens is 8. The molecule has 5 aromatic heterocycles. The molecule has 5 heterocycles. The number of H-pyrrole nitrogens is 1. The minimum atomic E-state index is -1.20. The van der Waals surface area contributed by atoms with E-state index in [1.807, 2.05) is 13.0 Å². The molecule has 2 aromatic carbocycles. The second kappa shape index (κ2) is 21.4. The van der Waals surface area contributed by atoms with E-state index in [2.05, 4.69) is 67.4 Å². The number of nitrogen functional groups attached to an aromatic ring is 2. The van der Waals surface area contributed by atoms with Gasteiger partial charge >= 0.3 is 11.4 Å². The molecule has 23 nitrogen and oxygen atoms in total. The smallest absolute Gasteiger partial charge is 0.311 e. The van der Waals surface area contributed by atoms with Crippen LogP contribution in [0, 0.1) is 27.2 Å². The summed E-state index contributed by atoms with van der Waals surface area (Å²) in [4.78, 5) is 72.4. The number of carbonyl (C=O) groups excluding carboxylic acids is 1. The van der Waals surface area contributed by atoms with Crippen molar-refractivity contribution >= 4 is 109 Å². The Bertz CT molecular complexity index is 3040. The van der Waals surface area contributed by atoms with Crippen LogP contribution in [0.2, 0.25) is 15.1 Å². The van der Waals surface area contributed by atoms with Crippen LogP contribution in [0.15, 0.2) is 83.7 Å². The number of rotatable bonds is 19. The Morgan fingerprint density at radius 3 is 2.01 bits per heavy atom. The van der Waals surface area contributed by atoms with Gasteiger partial charge in [-0.2, -0.15) is 0 Å². The Kier molecular flexibility index (Phi) is 15.2. The first-order valence-electron chi connectivity index (χ1n) is 20.1. The minimum Gasteiger partial charge on any atom is -0.378 e. The van der Waals surface area contributed by atoms with Crippen molar-refractivity contribution in [3.8, 4) is 33.9 Å². The molecule has 1 atom stereocenters. The largest absolute Gasteiger partial charge is 0.378 e. The third-order valence-corrected chi connectivity index (χ3v) is 11.2. The fraction of sp³-hybridized carbons (Fsp3) is 0.171. The highest BCUT2D eigenvalue weighted by Gasteiger charge is 2.30. The van der Waals surface area contributed by atoms with Crippen LogP contribution >= 0.6 is 50.7 Å². The number of likely N-dealkylation sites (N-methyl/N-ethyl adjacent to an activating group) is 1. The van der Waals surface area contributed by atoms with Gasteiger partial charge in [-0.3, -0.25) is 30.3 Å². The molecular formula is C41H38BrCl3N18O5. The number of aryl methyl sites for hydroxylation is 1. The van der Waals surface area contributed by atoms with Gasteiger partial charge in [-0.25, -0.2) is 34.9 Å². The monoisotopic (exact) mass is 1050 g/mol. The number of aromatic amines is 1. The molecule has 1 unspecified atom stereocenters. The van der Waals surface area contributed by atoms with Gasteiger partial charge in [0.2, 0.25) is 23.5 Å². The first-order chi connectivity index (χ1) is 32.6. The molecular weight excluding hydrogens is 1010 g/mol. The van der Waals surface area contributed by atoms with Gasteiger partial charge in [0.1, 0.15) is 23.2 Å². The third-order valence-electron chi connectivity index (χ3n) is 9.82. The summed E-state index contributed by atoms with van der Waals surface area (Å²) in [6, 6.07) is 15.5. The number of hydrogen-bond acceptors (Lipinski definition) is 19. The zero-order chi connectivity index (χ0) is 48.6. The molecule has 0 aliphatic rings. The highest BCUT2D eigenvalue weighted by Crippen LogP contribution is 2.37. The number of benzene rings is 2. The summed E-state index contributed by atoms with van der Waals surface area (Å²) in [6.45, 7) is 2.52. The fourth-order valence-electron chi connectivity index (χ4n) is 6.65. The van der Waals surface area contributed by atoms with Crippen LogP contribution in [0.25, 0.3) is 33.9 Å². The number of nitro groups is 2. The Balaban J connectivity index is 1.21. The number of nitrogens with one attached hydrogen (secondary N) is 6. The van der Waals surface area contributed by atoms with E-state index < -0.39 is 21.9 Å². The van der Waals surface area contributed by atoms with Gasteiger partial charge in [0, 0.05) is 71.3 Å². The van der Waals surface area contributed by atoms with Crippen LogP contribution in [0.4, 0.5) is 52.2 Å². The highest BCUT2D eigenvalue weighted by molar-refractivity contribution is 9.10. The minimum absolute atomic E-state index is 0.0372. The molecule has 10 N–H and O–H groups in total. The maximum absolute atomic E-state index is 14.7. The zero-order valence-corrected chi connectivity index (χ0v) is 39.4. The standard InChI is InChI=1S/C41H38BrCl3N18O5/c1-20-17-52-37(55-20)25-18-54-41(60-33(25)23-5-3-21(42)15-26(23)44)61(14-13-50-32-10-8-30(63(67)68)36(47)58-32)38(48-2)39(64)56-28-19-53-40(59-34(28)24-6-4-22(43)16-27(24)45)51-12-11-49-31-9-7-29(62(65)66)35(46)57-31/h3-10,15-19,38,48H,11-14H2,1-2H3,(H,52,55)(H,56,64)(H3,46,49,57)(H3,47,50,58)(H,51,53,59). The van der Waals surface area contributed by atoms with E-state index in [0.717, 1.165) is 10.2 Å². The molecule has 7 aromatic rings. The fourth-order valence-corrected chi connectivity index (χ4v) is 7.91. The van der Waals surface area contributed by atoms with Crippen LogP contribution in [0.1, 0.15) is 5.69 Å². The molecule has 0 radical (unpaired) electrons. The van der Waals surface area contributed by atoms with Crippen molar-refractivity contribution in [2.45, 2.75) is 13.1 Å². The molecule has 1 amide bonds. The van der Waals surface area contributed by atoms with E-state index in [4.69, 9.17) is 61.2 Å². The van der Waals surface area contributed by atoms with Crippen LogP contribution in [-0.2, 0) is 4.79 Å². The van der Waals surface area contributed by atoms with Gasteiger partial charge < -0.3 is 42.6 Å². The number of imidazole rings is 1. The highest BCUT2D eigenvalue weighted by atomic mass is 79.9. The van der Waals surface area contributed by atoms with Crippen molar-refractivity contribution in [2.75, 3.05) is 70.9 Å². The van der Waals surface area contributed by atoms with Gasteiger partial charge in [0.15, 0.2) is 6.17 Å². The molecule has 0 aliphatic heterocycles. The van der Waals surface area contributed by atoms with Crippen LogP contribution in [0.5, 0.6) is 0 Å². The Labute approximate surface area is 409 Å². The SMILES string of the molecule is CNC(C(=O)Nc1cnc(NCCNc2ccc([N+](=O)[O-])c(N)n2)nc1-c1ccc(Cl)cc1Cl)N(CCNc1ccc([N+](=O)[O-])c(N)n1)c1ncc(-c2nc(C)c[nH]2)c(-c2ccc(Br)cc2Cl)n1. The van der Waals surface area contributed by atoms with E-state index in [1.165, 1.54) is 36.5 Å². The lowest BCUT2D eigenvalue weighted by Gasteiger charge is -2.31. The average molecular weight is 1050 g/mol. The molecule has 350 valence electrons. The number of nitrogens with zero attached hydrogens (tertiary/aromatic N) is 10. The predicted molar refractivity (Wildman–Crippen MR) is 265 cm³/mol. The maximum Gasteiger partial charge on any atom is 0.311 e. The van der Waals surface area contributed by atoms with Crippen LogP contribution in [-0.4, -0.2) is 95.0 Å². The normalized spacial score (nSPS) is 11.4. The van der Waals surface area contributed by atoms with Crippen molar-refractivity contribution in [3.05, 3.63) is 125 Å². The summed E-state index contributed by atoms with van der Waals surface area (Å²) in [6.07, 6.45) is 3.53. The first-order valence-corrected chi connectivity index (χ1v) is 22.0. The number of carbonyl (C=O) groups is 1. The van der Waals surface area contributed by atoms with E-state index in [9.17, 15) is 25.0 Å². The first kappa shape index (κ1) is 48.4. The number of hydrogen-bond donors (Lipinski definition) is 8. The second-order valence-corrected chi connectivity index (χ2v) is 16.6. The predicted octanol–water partition coefficient (Wildman–Crippen LogP) is 7.42. The lowest BCUT2D eigenvalue weighted by Crippen LogP contribution is -2.54. The number of anilines is 7. The number of nitrogens with two attached hydrogens (primary N) is 2. The van der Waals surface area contributed by atoms with E-state index >= 15 is 0 Å². The lowest BCUT2D eigenvalue weighted by atomic mass is 10.1. The molecule has 0 spiro atoms. The lowest BCUT2D eigenvalue weighted by molar-refractivity contribution is -0.384. The van der Waals surface area contributed by atoms with Gasteiger partial charge in [0.05, 0.1) is 48.7 Å². The number of halogens is 4. The van der Waals surface area contributed by atoms with E-state index in [-0.39, 0.29) is 83.3 Å². The van der Waals surface area contributed by atoms with Gasteiger partial charge in [-0.15, -0.1) is 0 Å². The third kappa shape index (κ3) is 11.4. The summed E-state index contributed by atoms with van der Waals surface area (Å²) < 4.78 is 0.739. The summed E-state index contributed by atoms with van der Waals surface area (Å²) in [5, 5.41) is 38.8. The average Bonchev–Trinajstić information content (AvgIpc) is 3.73. The van der Waals surface area contributed by atoms with Crippen molar-refractivity contribution < 1.29 is 14.6 Å². The van der Waals surface area contributed by atoms with Crippen LogP contribution < -0.4 is 43.0 Å². The van der Waals surface area contributed by atoms with Gasteiger partial charge in [-0.1, -0.05) is 56.8 Å². The quantitative estimate of drug-likeness (QED) is 0.0169. The maximum atomic E-state index is 14.7. The molecule has 7 rings (SSSR count). The number of pyridine rings is 2. The molecule has 0 fully saturated rings. The zero-order valence-electron chi connectivity index (χ0n) is 35.6. The van der Waals surface area contributed by atoms with Crippen molar-refractivity contribution in [1.82, 2.24) is 45.2 Å². The molecule has 0 saturated heterocycles. The Morgan fingerprint density at radius 1 is 0.779 bits per heavy atom. The Morgan fingerprint density at radius 2 is 1.41 bits per heavy atom. The summed E-state index contributed by atoms with van der Waals surface area (Å²) in [5.41, 5.74) is 14.0. The van der Waals surface area contributed by atoms with E-state index in [0.29, 0.717) is 44.1 Å². The van der Waals surface area contributed by atoms with Crippen molar-refractivity contribution in [3.63, 3.8) is 0 Å². The van der Waals surface area contributed by atoms with Crippen molar-refractivity contribution in [1.29, 1.82) is 0 Å². The van der Waals surface area contributed by atoms with Crippen LogP contribution in [0.3, 0.4) is 0 Å². The molecule has 27 heteroatoms. The van der Waals surface area contributed by atoms with Gasteiger partial charge in [-0.05, 0) is 56.4 Å². The van der Waals surface area contributed by atoms with Crippen molar-refractivity contribution in [2.24, 2.45) is 0 Å². The Hall–Kier alpha value is -7.51. The molecule has 68 heavy (non-hydrogen) atoms. The van der Waals surface area contributed by atoms with E-state index in [1.54, 1.807) is 48.6 Å². The summed E-state index contributed by atoms with van der Waals surface area (Å²) in [5.74, 6) is 0.188. The number of amides is 1. The van der Waals surface area contributed by atoms with Gasteiger partial charge in [0.25, 0.3) is 5.91 Å². The summed E-state index contributed by atoms with van der Waals surface area (Å²) >= 11 is 23.3. The molecule has 0 aliphatic carbocycles. The molecule has 0 bridgehead atoms. The second-order valence-electron chi connectivity index (χ2n) is 14.4. The molecule has 0 saturated carbocycles. The summed E-state index contributed by atoms with van der Waals surface area (Å²) in [7, 11) is 1.57. The topological polar surface area (TPSA) is 325 Å².